The number of rotatable bonds is 4. The van der Waals surface area contributed by atoms with Crippen molar-refractivity contribution in [1.29, 1.82) is 0 Å². The van der Waals surface area contributed by atoms with Gasteiger partial charge in [0.15, 0.2) is 0 Å². The van der Waals surface area contributed by atoms with Crippen LogP contribution >= 0.6 is 0 Å². The molecule has 3 heteroatoms. The summed E-state index contributed by atoms with van der Waals surface area (Å²) in [6, 6.07) is 14.7. The summed E-state index contributed by atoms with van der Waals surface area (Å²) in [7, 11) is 1.96. The molecular weight excluding hydrogens is 227 g/mol. The van der Waals surface area contributed by atoms with Crippen LogP contribution in [-0.2, 0) is 6.42 Å². The Morgan fingerprint density at radius 1 is 0.944 bits per heavy atom. The topological polar surface area (TPSA) is 29.3 Å². The van der Waals surface area contributed by atoms with Crippen molar-refractivity contribution in [1.82, 2.24) is 0 Å². The van der Waals surface area contributed by atoms with Crippen molar-refractivity contribution < 1.29 is 4.39 Å². The molecule has 0 aliphatic carbocycles. The molecule has 0 spiro atoms. The SMILES string of the molecule is CN(c1ccc(F)cc1)c1ccc(CCN)cc1. The van der Waals surface area contributed by atoms with E-state index in [0.29, 0.717) is 6.54 Å². The molecule has 2 N–H and O–H groups in total. The first-order valence-electron chi connectivity index (χ1n) is 5.99. The molecule has 0 fully saturated rings. The molecule has 2 nitrogen and oxygen atoms in total. The zero-order valence-corrected chi connectivity index (χ0v) is 10.4. The Labute approximate surface area is 107 Å². The highest BCUT2D eigenvalue weighted by molar-refractivity contribution is 5.62. The smallest absolute Gasteiger partial charge is 0.123 e. The molecule has 0 heterocycles. The fourth-order valence-corrected chi connectivity index (χ4v) is 1.87. The zero-order valence-electron chi connectivity index (χ0n) is 10.4. The fourth-order valence-electron chi connectivity index (χ4n) is 1.87. The monoisotopic (exact) mass is 244 g/mol. The summed E-state index contributed by atoms with van der Waals surface area (Å²) >= 11 is 0. The minimum absolute atomic E-state index is 0.217. The summed E-state index contributed by atoms with van der Waals surface area (Å²) in [6.07, 6.45) is 0.889. The van der Waals surface area contributed by atoms with E-state index in [1.54, 1.807) is 12.1 Å². The zero-order chi connectivity index (χ0) is 13.0. The number of benzene rings is 2. The first kappa shape index (κ1) is 12.6. The van der Waals surface area contributed by atoms with E-state index in [4.69, 9.17) is 5.73 Å². The van der Waals surface area contributed by atoms with Crippen LogP contribution in [0.3, 0.4) is 0 Å². The van der Waals surface area contributed by atoms with Gasteiger partial charge in [-0.25, -0.2) is 4.39 Å². The minimum atomic E-state index is -0.217. The predicted molar refractivity (Wildman–Crippen MR) is 73.7 cm³/mol. The molecule has 0 saturated heterocycles. The number of hydrogen-bond acceptors (Lipinski definition) is 2. The van der Waals surface area contributed by atoms with Crippen LogP contribution in [0.2, 0.25) is 0 Å². The van der Waals surface area contributed by atoms with E-state index in [1.807, 2.05) is 24.1 Å². The van der Waals surface area contributed by atoms with Gasteiger partial charge in [-0.15, -0.1) is 0 Å². The lowest BCUT2D eigenvalue weighted by molar-refractivity contribution is 0.628. The van der Waals surface area contributed by atoms with Crippen LogP contribution < -0.4 is 10.6 Å². The Hall–Kier alpha value is -1.87. The lowest BCUT2D eigenvalue weighted by Crippen LogP contribution is -2.09. The Balaban J connectivity index is 2.17. The largest absolute Gasteiger partial charge is 0.345 e. The van der Waals surface area contributed by atoms with E-state index in [0.717, 1.165) is 17.8 Å². The van der Waals surface area contributed by atoms with Crippen molar-refractivity contribution in [2.45, 2.75) is 6.42 Å². The molecule has 0 bridgehead atoms. The molecule has 2 aromatic rings. The van der Waals surface area contributed by atoms with Gasteiger partial charge in [-0.1, -0.05) is 12.1 Å². The van der Waals surface area contributed by atoms with Gasteiger partial charge in [0.25, 0.3) is 0 Å². The van der Waals surface area contributed by atoms with Crippen molar-refractivity contribution in [3.8, 4) is 0 Å². The van der Waals surface area contributed by atoms with Crippen molar-refractivity contribution in [2.24, 2.45) is 5.73 Å². The molecule has 0 saturated carbocycles. The van der Waals surface area contributed by atoms with Gasteiger partial charge in [-0.05, 0) is 54.9 Å². The van der Waals surface area contributed by atoms with Gasteiger partial charge < -0.3 is 10.6 Å². The number of nitrogens with two attached hydrogens (primary N) is 1. The van der Waals surface area contributed by atoms with E-state index in [-0.39, 0.29) is 5.82 Å². The van der Waals surface area contributed by atoms with Crippen molar-refractivity contribution in [2.75, 3.05) is 18.5 Å². The Morgan fingerprint density at radius 3 is 1.94 bits per heavy atom. The van der Waals surface area contributed by atoms with Crippen LogP contribution in [-0.4, -0.2) is 13.6 Å². The average molecular weight is 244 g/mol. The first-order chi connectivity index (χ1) is 8.70. The summed E-state index contributed by atoms with van der Waals surface area (Å²) < 4.78 is 12.9. The molecule has 2 rings (SSSR count). The molecule has 2 aromatic carbocycles. The number of hydrogen-bond donors (Lipinski definition) is 1. The molecule has 0 amide bonds. The van der Waals surface area contributed by atoms with Crippen molar-refractivity contribution in [3.63, 3.8) is 0 Å². The standard InChI is InChI=1S/C15H17FN2/c1-18(15-8-4-13(16)5-9-15)14-6-2-12(3-7-14)10-11-17/h2-9H,10-11,17H2,1H3. The van der Waals surface area contributed by atoms with E-state index in [2.05, 4.69) is 12.1 Å². The molecule has 0 radical (unpaired) electrons. The van der Waals surface area contributed by atoms with Crippen LogP contribution in [0.25, 0.3) is 0 Å². The van der Waals surface area contributed by atoms with Gasteiger partial charge in [0.05, 0.1) is 0 Å². The number of halogens is 1. The molecule has 0 aliphatic heterocycles. The van der Waals surface area contributed by atoms with Crippen LogP contribution in [0.1, 0.15) is 5.56 Å². The Morgan fingerprint density at radius 2 is 1.44 bits per heavy atom. The maximum Gasteiger partial charge on any atom is 0.123 e. The first-order valence-corrected chi connectivity index (χ1v) is 5.99. The van der Waals surface area contributed by atoms with Gasteiger partial charge in [-0.2, -0.15) is 0 Å². The Kier molecular flexibility index (Phi) is 3.95. The Bertz CT molecular complexity index is 491. The van der Waals surface area contributed by atoms with Gasteiger partial charge in [-0.3, -0.25) is 0 Å². The second kappa shape index (κ2) is 5.65. The van der Waals surface area contributed by atoms with E-state index < -0.39 is 0 Å². The molecular formula is C15H17FN2. The minimum Gasteiger partial charge on any atom is -0.345 e. The van der Waals surface area contributed by atoms with Gasteiger partial charge in [0.2, 0.25) is 0 Å². The summed E-state index contributed by atoms with van der Waals surface area (Å²) in [5.74, 6) is -0.217. The quantitative estimate of drug-likeness (QED) is 0.895. The fraction of sp³-hybridized carbons (Fsp3) is 0.200. The van der Waals surface area contributed by atoms with Crippen LogP contribution in [0.5, 0.6) is 0 Å². The molecule has 0 unspecified atom stereocenters. The third-order valence-electron chi connectivity index (χ3n) is 2.97. The molecule has 94 valence electrons. The highest BCUT2D eigenvalue weighted by atomic mass is 19.1. The van der Waals surface area contributed by atoms with Crippen LogP contribution in [0, 0.1) is 5.82 Å². The number of nitrogens with zero attached hydrogens (tertiary/aromatic N) is 1. The van der Waals surface area contributed by atoms with Crippen molar-refractivity contribution >= 4 is 11.4 Å². The normalized spacial score (nSPS) is 10.4. The highest BCUT2D eigenvalue weighted by Gasteiger charge is 2.03. The van der Waals surface area contributed by atoms with Crippen LogP contribution in [0.15, 0.2) is 48.5 Å². The summed E-state index contributed by atoms with van der Waals surface area (Å²) in [6.45, 7) is 0.660. The summed E-state index contributed by atoms with van der Waals surface area (Å²) in [5.41, 5.74) is 8.78. The van der Waals surface area contributed by atoms with Crippen molar-refractivity contribution in [3.05, 3.63) is 59.9 Å². The average Bonchev–Trinajstić information content (AvgIpc) is 2.40. The molecule has 0 atom stereocenters. The predicted octanol–water partition coefficient (Wildman–Crippen LogP) is 3.09. The van der Waals surface area contributed by atoms with Crippen LogP contribution in [0.4, 0.5) is 15.8 Å². The molecule has 0 aliphatic rings. The lowest BCUT2D eigenvalue weighted by Gasteiger charge is -2.19. The lowest BCUT2D eigenvalue weighted by atomic mass is 10.1. The highest BCUT2D eigenvalue weighted by Crippen LogP contribution is 2.23. The second-order valence-corrected chi connectivity index (χ2v) is 4.24. The maximum absolute atomic E-state index is 12.9. The molecule has 18 heavy (non-hydrogen) atoms. The number of anilines is 2. The molecule has 0 aromatic heterocycles. The van der Waals surface area contributed by atoms with Gasteiger partial charge in [0.1, 0.15) is 5.82 Å². The van der Waals surface area contributed by atoms with Gasteiger partial charge >= 0.3 is 0 Å². The van der Waals surface area contributed by atoms with E-state index in [9.17, 15) is 4.39 Å². The summed E-state index contributed by atoms with van der Waals surface area (Å²) in [5, 5.41) is 0. The third-order valence-corrected chi connectivity index (χ3v) is 2.97. The van der Waals surface area contributed by atoms with E-state index in [1.165, 1.54) is 17.7 Å². The second-order valence-electron chi connectivity index (χ2n) is 4.24. The van der Waals surface area contributed by atoms with Gasteiger partial charge in [0, 0.05) is 18.4 Å². The third kappa shape index (κ3) is 2.87. The van der Waals surface area contributed by atoms with E-state index >= 15 is 0 Å². The maximum atomic E-state index is 12.9. The summed E-state index contributed by atoms with van der Waals surface area (Å²) in [4.78, 5) is 2.02.